The zero-order chi connectivity index (χ0) is 14.7. The number of aliphatic hydroxyl groups excluding tert-OH is 1. The molecule has 0 aliphatic heterocycles. The first-order valence-electron chi connectivity index (χ1n) is 5.16. The van der Waals surface area contributed by atoms with Crippen molar-refractivity contribution < 1.29 is 26.7 Å². The van der Waals surface area contributed by atoms with Crippen molar-refractivity contribution in [2.24, 2.45) is 0 Å². The summed E-state index contributed by atoms with van der Waals surface area (Å²) in [4.78, 5) is -0.637. The van der Waals surface area contributed by atoms with Crippen LogP contribution in [0.15, 0.2) is 23.1 Å². The summed E-state index contributed by atoms with van der Waals surface area (Å²) in [7, 11) is -4.14. The minimum Gasteiger partial charge on any atom is -0.396 e. The van der Waals surface area contributed by atoms with Crippen LogP contribution in [0.3, 0.4) is 0 Å². The minimum absolute atomic E-state index is 0.0919. The Labute approximate surface area is 113 Å². The van der Waals surface area contributed by atoms with Crippen molar-refractivity contribution in [3.05, 3.63) is 28.8 Å². The molecule has 0 saturated carbocycles. The van der Waals surface area contributed by atoms with Crippen molar-refractivity contribution in [3.63, 3.8) is 0 Å². The van der Waals surface area contributed by atoms with E-state index in [9.17, 15) is 21.6 Å². The summed E-state index contributed by atoms with van der Waals surface area (Å²) in [5.74, 6) is 0. The van der Waals surface area contributed by atoms with E-state index in [2.05, 4.69) is 4.72 Å². The van der Waals surface area contributed by atoms with Crippen LogP contribution >= 0.6 is 11.6 Å². The SMILES string of the molecule is O=S(=O)(NCCCO)c1cc(C(F)(F)F)ccc1Cl. The van der Waals surface area contributed by atoms with Gasteiger partial charge in [-0.3, -0.25) is 0 Å². The Balaban J connectivity index is 3.12. The molecular weight excluding hydrogens is 307 g/mol. The second-order valence-corrected chi connectivity index (χ2v) is 5.76. The maximum absolute atomic E-state index is 12.5. The van der Waals surface area contributed by atoms with Crippen molar-refractivity contribution in [1.29, 1.82) is 0 Å². The molecule has 0 bridgehead atoms. The number of hydrogen-bond donors (Lipinski definition) is 2. The second kappa shape index (κ2) is 6.08. The fourth-order valence-corrected chi connectivity index (χ4v) is 2.85. The van der Waals surface area contributed by atoms with Crippen LogP contribution in [0.1, 0.15) is 12.0 Å². The monoisotopic (exact) mass is 317 g/mol. The smallest absolute Gasteiger partial charge is 0.396 e. The number of aliphatic hydroxyl groups is 1. The lowest BCUT2D eigenvalue weighted by atomic mass is 10.2. The Morgan fingerprint density at radius 2 is 1.95 bits per heavy atom. The molecule has 0 aliphatic carbocycles. The maximum atomic E-state index is 12.5. The van der Waals surface area contributed by atoms with Gasteiger partial charge in [-0.2, -0.15) is 13.2 Å². The molecule has 0 aliphatic rings. The first-order chi connectivity index (χ1) is 8.68. The molecule has 0 heterocycles. The third-order valence-electron chi connectivity index (χ3n) is 2.18. The van der Waals surface area contributed by atoms with E-state index in [1.807, 2.05) is 0 Å². The molecule has 0 fully saturated rings. The highest BCUT2D eigenvalue weighted by atomic mass is 35.5. The summed E-state index contributed by atoms with van der Waals surface area (Å²) in [6.07, 6.45) is -4.50. The summed E-state index contributed by atoms with van der Waals surface area (Å²) in [6.45, 7) is -0.329. The van der Waals surface area contributed by atoms with Gasteiger partial charge in [-0.25, -0.2) is 13.1 Å². The van der Waals surface area contributed by atoms with Gasteiger partial charge in [0.05, 0.1) is 10.6 Å². The van der Waals surface area contributed by atoms with Crippen molar-refractivity contribution >= 4 is 21.6 Å². The fraction of sp³-hybridized carbons (Fsp3) is 0.400. The van der Waals surface area contributed by atoms with E-state index >= 15 is 0 Å². The summed E-state index contributed by atoms with van der Waals surface area (Å²) in [6, 6.07) is 2.06. The van der Waals surface area contributed by atoms with Crippen molar-refractivity contribution in [2.45, 2.75) is 17.5 Å². The molecule has 1 aromatic rings. The lowest BCUT2D eigenvalue weighted by Crippen LogP contribution is -2.26. The number of hydrogen-bond acceptors (Lipinski definition) is 3. The van der Waals surface area contributed by atoms with Crippen molar-refractivity contribution in [2.75, 3.05) is 13.2 Å². The molecule has 2 N–H and O–H groups in total. The van der Waals surface area contributed by atoms with Crippen LogP contribution in [0.2, 0.25) is 5.02 Å². The highest BCUT2D eigenvalue weighted by Gasteiger charge is 2.32. The molecule has 0 amide bonds. The Morgan fingerprint density at radius 3 is 2.47 bits per heavy atom. The number of alkyl halides is 3. The summed E-state index contributed by atoms with van der Waals surface area (Å²) >= 11 is 5.61. The lowest BCUT2D eigenvalue weighted by Gasteiger charge is -2.11. The minimum atomic E-state index is -4.65. The standard InChI is InChI=1S/C10H11ClF3NO3S/c11-8-3-2-7(10(12,13)14)6-9(8)19(17,18)15-4-1-5-16/h2-3,6,15-16H,1,4-5H2. The van der Waals surface area contributed by atoms with Gasteiger partial charge in [0.25, 0.3) is 0 Å². The fourth-order valence-electron chi connectivity index (χ4n) is 1.25. The van der Waals surface area contributed by atoms with E-state index in [1.165, 1.54) is 0 Å². The molecule has 0 radical (unpaired) electrons. The van der Waals surface area contributed by atoms with Gasteiger partial charge in [0.15, 0.2) is 0 Å². The van der Waals surface area contributed by atoms with Gasteiger partial charge in [0.2, 0.25) is 10.0 Å². The average Bonchev–Trinajstić information content (AvgIpc) is 2.27. The molecule has 0 unspecified atom stereocenters. The Morgan fingerprint density at radius 1 is 1.32 bits per heavy atom. The molecular formula is C10H11ClF3NO3S. The Kier molecular flexibility index (Phi) is 5.19. The number of benzene rings is 1. The molecule has 0 atom stereocenters. The molecule has 19 heavy (non-hydrogen) atoms. The van der Waals surface area contributed by atoms with E-state index in [0.717, 1.165) is 6.07 Å². The predicted molar refractivity (Wildman–Crippen MR) is 63.3 cm³/mol. The molecule has 0 spiro atoms. The highest BCUT2D eigenvalue weighted by Crippen LogP contribution is 2.33. The summed E-state index contributed by atoms with van der Waals surface area (Å²) in [5.41, 5.74) is -1.10. The van der Waals surface area contributed by atoms with Crippen LogP contribution in [-0.4, -0.2) is 26.7 Å². The molecule has 108 valence electrons. The Bertz CT molecular complexity index is 545. The first-order valence-corrected chi connectivity index (χ1v) is 7.02. The zero-order valence-corrected chi connectivity index (χ0v) is 11.1. The third kappa shape index (κ3) is 4.34. The van der Waals surface area contributed by atoms with Crippen LogP contribution < -0.4 is 4.72 Å². The molecule has 9 heteroatoms. The third-order valence-corrected chi connectivity index (χ3v) is 4.12. The van der Waals surface area contributed by atoms with Crippen LogP contribution in [-0.2, 0) is 16.2 Å². The van der Waals surface area contributed by atoms with E-state index in [1.54, 1.807) is 0 Å². The predicted octanol–water partition coefficient (Wildman–Crippen LogP) is 2.02. The topological polar surface area (TPSA) is 66.4 Å². The van der Waals surface area contributed by atoms with Crippen LogP contribution in [0.5, 0.6) is 0 Å². The van der Waals surface area contributed by atoms with Crippen LogP contribution in [0.25, 0.3) is 0 Å². The Hall–Kier alpha value is -0.830. The van der Waals surface area contributed by atoms with Crippen LogP contribution in [0, 0.1) is 0 Å². The van der Waals surface area contributed by atoms with E-state index in [-0.39, 0.29) is 24.6 Å². The summed E-state index contributed by atoms with van der Waals surface area (Å²) < 4.78 is 63.1. The second-order valence-electron chi connectivity index (χ2n) is 3.62. The van der Waals surface area contributed by atoms with Gasteiger partial charge in [-0.05, 0) is 24.6 Å². The lowest BCUT2D eigenvalue weighted by molar-refractivity contribution is -0.137. The quantitative estimate of drug-likeness (QED) is 0.817. The number of nitrogens with one attached hydrogen (secondary N) is 1. The van der Waals surface area contributed by atoms with Crippen LogP contribution in [0.4, 0.5) is 13.2 Å². The van der Waals surface area contributed by atoms with E-state index in [0.29, 0.717) is 12.1 Å². The molecule has 0 aromatic heterocycles. The van der Waals surface area contributed by atoms with Gasteiger partial charge in [-0.1, -0.05) is 11.6 Å². The number of sulfonamides is 1. The van der Waals surface area contributed by atoms with Crippen molar-refractivity contribution in [3.8, 4) is 0 Å². The largest absolute Gasteiger partial charge is 0.416 e. The van der Waals surface area contributed by atoms with Gasteiger partial charge >= 0.3 is 6.18 Å². The molecule has 0 saturated heterocycles. The van der Waals surface area contributed by atoms with Gasteiger partial charge in [0, 0.05) is 13.2 Å². The normalized spacial score (nSPS) is 12.7. The first kappa shape index (κ1) is 16.2. The number of halogens is 4. The van der Waals surface area contributed by atoms with E-state index < -0.39 is 26.7 Å². The highest BCUT2D eigenvalue weighted by molar-refractivity contribution is 7.89. The van der Waals surface area contributed by atoms with Gasteiger partial charge < -0.3 is 5.11 Å². The van der Waals surface area contributed by atoms with Crippen molar-refractivity contribution in [1.82, 2.24) is 4.72 Å². The number of rotatable bonds is 5. The molecule has 1 rings (SSSR count). The van der Waals surface area contributed by atoms with E-state index in [4.69, 9.17) is 16.7 Å². The summed E-state index contributed by atoms with van der Waals surface area (Å²) in [5, 5.41) is 8.23. The molecule has 4 nitrogen and oxygen atoms in total. The average molecular weight is 318 g/mol. The zero-order valence-electron chi connectivity index (χ0n) is 9.54. The maximum Gasteiger partial charge on any atom is 0.416 e. The molecule has 1 aromatic carbocycles. The van der Waals surface area contributed by atoms with Gasteiger partial charge in [0.1, 0.15) is 4.90 Å². The van der Waals surface area contributed by atoms with Gasteiger partial charge in [-0.15, -0.1) is 0 Å².